The highest BCUT2D eigenvalue weighted by Gasteiger charge is 1.99. The molecule has 0 saturated heterocycles. The van der Waals surface area contributed by atoms with E-state index >= 15 is 0 Å². The number of hydrogen-bond acceptors (Lipinski definition) is 2. The van der Waals surface area contributed by atoms with Crippen molar-refractivity contribution < 1.29 is 19.0 Å². The molecule has 4 heteroatoms. The molecule has 0 bridgehead atoms. The Bertz CT molecular complexity index is 399. The lowest BCUT2D eigenvalue weighted by molar-refractivity contribution is -0.131. The Hall–Kier alpha value is -1.68. The van der Waals surface area contributed by atoms with E-state index in [0.29, 0.717) is 24.3 Å². The molecule has 1 aromatic rings. The minimum atomic E-state index is -1.06. The highest BCUT2D eigenvalue weighted by atomic mass is 19.1. The first-order chi connectivity index (χ1) is 7.61. The summed E-state index contributed by atoms with van der Waals surface area (Å²) in [6.07, 6.45) is 2.32. The van der Waals surface area contributed by atoms with Gasteiger partial charge in [0.2, 0.25) is 0 Å². The highest BCUT2D eigenvalue weighted by molar-refractivity contribution is 5.85. The maximum Gasteiger partial charge on any atom is 0.328 e. The Labute approximate surface area is 93.2 Å². The topological polar surface area (TPSA) is 46.5 Å². The molecular weight excluding hydrogens is 211 g/mol. The molecule has 0 aliphatic rings. The summed E-state index contributed by atoms with van der Waals surface area (Å²) in [5, 5.41) is 8.45. The second-order valence-electron chi connectivity index (χ2n) is 3.20. The zero-order valence-corrected chi connectivity index (χ0v) is 8.94. The number of benzene rings is 1. The SMILES string of the molecule is CCOCc1cc(F)cc(C=CC(=O)O)c1. The van der Waals surface area contributed by atoms with Gasteiger partial charge in [0.15, 0.2) is 0 Å². The van der Waals surface area contributed by atoms with Crippen molar-refractivity contribution in [2.24, 2.45) is 0 Å². The molecular formula is C12H13FO3. The normalized spacial score (nSPS) is 10.9. The van der Waals surface area contributed by atoms with Crippen LogP contribution in [0.15, 0.2) is 24.3 Å². The van der Waals surface area contributed by atoms with Crippen molar-refractivity contribution in [3.8, 4) is 0 Å². The smallest absolute Gasteiger partial charge is 0.328 e. The third kappa shape index (κ3) is 4.23. The molecule has 0 saturated carbocycles. The molecule has 0 atom stereocenters. The molecule has 0 aliphatic carbocycles. The molecule has 0 spiro atoms. The summed E-state index contributed by atoms with van der Waals surface area (Å²) >= 11 is 0. The van der Waals surface area contributed by atoms with Crippen LogP contribution in [0.25, 0.3) is 6.08 Å². The summed E-state index contributed by atoms with van der Waals surface area (Å²) in [7, 11) is 0. The quantitative estimate of drug-likeness (QED) is 0.781. The lowest BCUT2D eigenvalue weighted by Crippen LogP contribution is -1.94. The van der Waals surface area contributed by atoms with E-state index in [1.54, 1.807) is 6.07 Å². The zero-order chi connectivity index (χ0) is 12.0. The molecule has 0 aliphatic heterocycles. The number of hydrogen-bond donors (Lipinski definition) is 1. The maximum absolute atomic E-state index is 13.1. The molecule has 1 N–H and O–H groups in total. The van der Waals surface area contributed by atoms with Crippen LogP contribution in [0.5, 0.6) is 0 Å². The van der Waals surface area contributed by atoms with Crippen LogP contribution >= 0.6 is 0 Å². The third-order valence-corrected chi connectivity index (χ3v) is 1.87. The van der Waals surface area contributed by atoms with Crippen LogP contribution in [0.1, 0.15) is 18.1 Å². The average Bonchev–Trinajstić information content (AvgIpc) is 2.23. The first-order valence-electron chi connectivity index (χ1n) is 4.90. The molecule has 0 heterocycles. The number of ether oxygens (including phenoxy) is 1. The number of carbonyl (C=O) groups is 1. The Morgan fingerprint density at radius 2 is 2.25 bits per heavy atom. The summed E-state index contributed by atoms with van der Waals surface area (Å²) in [4.78, 5) is 10.3. The predicted octanol–water partition coefficient (Wildman–Crippen LogP) is 2.46. The zero-order valence-electron chi connectivity index (χ0n) is 8.94. The monoisotopic (exact) mass is 224 g/mol. The van der Waals surface area contributed by atoms with Gasteiger partial charge in [-0.2, -0.15) is 0 Å². The van der Waals surface area contributed by atoms with E-state index in [2.05, 4.69) is 0 Å². The van der Waals surface area contributed by atoms with Gasteiger partial charge in [0.25, 0.3) is 0 Å². The van der Waals surface area contributed by atoms with E-state index in [4.69, 9.17) is 9.84 Å². The third-order valence-electron chi connectivity index (χ3n) is 1.87. The van der Waals surface area contributed by atoms with Crippen LogP contribution < -0.4 is 0 Å². The lowest BCUT2D eigenvalue weighted by atomic mass is 10.1. The molecule has 3 nitrogen and oxygen atoms in total. The molecule has 16 heavy (non-hydrogen) atoms. The highest BCUT2D eigenvalue weighted by Crippen LogP contribution is 2.12. The first kappa shape index (κ1) is 12.4. The van der Waals surface area contributed by atoms with Crippen molar-refractivity contribution in [1.29, 1.82) is 0 Å². The standard InChI is InChI=1S/C12H13FO3/c1-2-16-8-10-5-9(3-4-12(14)15)6-11(13)7-10/h3-7H,2,8H2,1H3,(H,14,15). The van der Waals surface area contributed by atoms with Gasteiger partial charge in [-0.15, -0.1) is 0 Å². The van der Waals surface area contributed by atoms with E-state index in [0.717, 1.165) is 6.08 Å². The second-order valence-corrected chi connectivity index (χ2v) is 3.20. The van der Waals surface area contributed by atoms with Gasteiger partial charge < -0.3 is 9.84 Å². The summed E-state index contributed by atoms with van der Waals surface area (Å²) in [6.45, 7) is 2.73. The van der Waals surface area contributed by atoms with E-state index in [9.17, 15) is 9.18 Å². The summed E-state index contributed by atoms with van der Waals surface area (Å²) < 4.78 is 18.3. The van der Waals surface area contributed by atoms with Crippen molar-refractivity contribution in [1.82, 2.24) is 0 Å². The van der Waals surface area contributed by atoms with Gasteiger partial charge in [-0.05, 0) is 42.3 Å². The van der Waals surface area contributed by atoms with Crippen molar-refractivity contribution in [3.05, 3.63) is 41.2 Å². The Kier molecular flexibility index (Phi) is 4.66. The van der Waals surface area contributed by atoms with Crippen LogP contribution in [-0.4, -0.2) is 17.7 Å². The number of rotatable bonds is 5. The largest absolute Gasteiger partial charge is 0.478 e. The molecule has 1 aromatic carbocycles. The van der Waals surface area contributed by atoms with Crippen molar-refractivity contribution in [3.63, 3.8) is 0 Å². The van der Waals surface area contributed by atoms with Gasteiger partial charge >= 0.3 is 5.97 Å². The summed E-state index contributed by atoms with van der Waals surface area (Å²) in [5.41, 5.74) is 1.20. The van der Waals surface area contributed by atoms with Crippen LogP contribution in [0.3, 0.4) is 0 Å². The summed E-state index contributed by atoms with van der Waals surface area (Å²) in [5.74, 6) is -1.46. The van der Waals surface area contributed by atoms with Crippen molar-refractivity contribution >= 4 is 12.0 Å². The Morgan fingerprint density at radius 1 is 1.50 bits per heavy atom. The molecule has 0 aromatic heterocycles. The lowest BCUT2D eigenvalue weighted by Gasteiger charge is -2.03. The fourth-order valence-corrected chi connectivity index (χ4v) is 1.24. The molecule has 0 amide bonds. The van der Waals surface area contributed by atoms with Gasteiger partial charge in [0, 0.05) is 12.7 Å². The molecule has 0 fully saturated rings. The number of aliphatic carboxylic acids is 1. The number of carboxylic acids is 1. The molecule has 1 rings (SSSR count). The fraction of sp³-hybridized carbons (Fsp3) is 0.250. The minimum Gasteiger partial charge on any atom is -0.478 e. The van der Waals surface area contributed by atoms with Gasteiger partial charge in [0.05, 0.1) is 6.61 Å². The van der Waals surface area contributed by atoms with Crippen LogP contribution in [0.2, 0.25) is 0 Å². The van der Waals surface area contributed by atoms with Gasteiger partial charge in [0.1, 0.15) is 5.82 Å². The van der Waals surface area contributed by atoms with E-state index < -0.39 is 11.8 Å². The van der Waals surface area contributed by atoms with Crippen molar-refractivity contribution in [2.45, 2.75) is 13.5 Å². The average molecular weight is 224 g/mol. The molecule has 0 radical (unpaired) electrons. The van der Waals surface area contributed by atoms with Crippen molar-refractivity contribution in [2.75, 3.05) is 6.61 Å². The summed E-state index contributed by atoms with van der Waals surface area (Å²) in [6, 6.07) is 4.33. The Balaban J connectivity index is 2.85. The number of carboxylic acid groups (broad SMARTS) is 1. The van der Waals surface area contributed by atoms with E-state index in [1.807, 2.05) is 6.92 Å². The minimum absolute atomic E-state index is 0.322. The molecule has 0 unspecified atom stereocenters. The fourth-order valence-electron chi connectivity index (χ4n) is 1.24. The molecule has 86 valence electrons. The van der Waals surface area contributed by atoms with Gasteiger partial charge in [-0.3, -0.25) is 0 Å². The van der Waals surface area contributed by atoms with E-state index in [1.165, 1.54) is 18.2 Å². The predicted molar refractivity (Wildman–Crippen MR) is 58.4 cm³/mol. The van der Waals surface area contributed by atoms with Gasteiger partial charge in [-0.25, -0.2) is 9.18 Å². The number of halogens is 1. The maximum atomic E-state index is 13.1. The second kappa shape index (κ2) is 6.02. The van der Waals surface area contributed by atoms with Crippen LogP contribution in [0.4, 0.5) is 4.39 Å². The van der Waals surface area contributed by atoms with Gasteiger partial charge in [-0.1, -0.05) is 0 Å². The van der Waals surface area contributed by atoms with Crippen LogP contribution in [-0.2, 0) is 16.1 Å². The van der Waals surface area contributed by atoms with Crippen LogP contribution in [0, 0.1) is 5.82 Å². The van der Waals surface area contributed by atoms with E-state index in [-0.39, 0.29) is 0 Å². The first-order valence-corrected chi connectivity index (χ1v) is 4.90. The Morgan fingerprint density at radius 3 is 2.88 bits per heavy atom.